The van der Waals surface area contributed by atoms with Gasteiger partial charge in [0.05, 0.1) is 18.7 Å². The molecule has 0 aliphatic carbocycles. The standard InChI is InChI=1S/C20H26N4O3/c1-20(2,3)16-6-4-14(5-7-16)12-24-17(8-10-21-24)22-19(27)23-11-9-15(13-23)18(25)26/h4-8,10,15H,9,11-13H2,1-3H3,(H,22,27)(H,25,26). The van der Waals surface area contributed by atoms with Crippen molar-refractivity contribution in [3.05, 3.63) is 47.7 Å². The molecular formula is C20H26N4O3. The van der Waals surface area contributed by atoms with Crippen LogP contribution >= 0.6 is 0 Å². The summed E-state index contributed by atoms with van der Waals surface area (Å²) in [6, 6.07) is 9.84. The molecule has 1 aromatic carbocycles. The van der Waals surface area contributed by atoms with Crippen molar-refractivity contribution in [2.45, 2.75) is 39.2 Å². The molecule has 0 radical (unpaired) electrons. The molecule has 2 heterocycles. The Balaban J connectivity index is 1.64. The Kier molecular flexibility index (Phi) is 5.21. The van der Waals surface area contributed by atoms with Crippen LogP contribution in [0.2, 0.25) is 0 Å². The second-order valence-electron chi connectivity index (χ2n) is 8.02. The molecule has 144 valence electrons. The smallest absolute Gasteiger partial charge is 0.323 e. The van der Waals surface area contributed by atoms with Gasteiger partial charge in [-0.15, -0.1) is 0 Å². The minimum atomic E-state index is -0.853. The van der Waals surface area contributed by atoms with E-state index >= 15 is 0 Å². The Morgan fingerprint density at radius 3 is 2.52 bits per heavy atom. The molecule has 0 saturated carbocycles. The van der Waals surface area contributed by atoms with E-state index in [1.807, 2.05) is 0 Å². The quantitative estimate of drug-likeness (QED) is 0.865. The minimum Gasteiger partial charge on any atom is -0.481 e. The largest absolute Gasteiger partial charge is 0.481 e. The fraction of sp³-hybridized carbons (Fsp3) is 0.450. The van der Waals surface area contributed by atoms with Crippen LogP contribution in [0.5, 0.6) is 0 Å². The summed E-state index contributed by atoms with van der Waals surface area (Å²) in [7, 11) is 0. The van der Waals surface area contributed by atoms with Crippen molar-refractivity contribution < 1.29 is 14.7 Å². The van der Waals surface area contributed by atoms with Crippen molar-refractivity contribution in [1.29, 1.82) is 0 Å². The summed E-state index contributed by atoms with van der Waals surface area (Å²) >= 11 is 0. The molecule has 1 aromatic heterocycles. The van der Waals surface area contributed by atoms with E-state index in [2.05, 4.69) is 55.5 Å². The van der Waals surface area contributed by atoms with Gasteiger partial charge in [-0.25, -0.2) is 9.48 Å². The first-order chi connectivity index (χ1) is 12.7. The van der Waals surface area contributed by atoms with Crippen molar-refractivity contribution in [2.24, 2.45) is 5.92 Å². The first-order valence-corrected chi connectivity index (χ1v) is 9.14. The number of amides is 2. The van der Waals surface area contributed by atoms with Crippen LogP contribution in [0.4, 0.5) is 10.6 Å². The number of aliphatic carboxylic acids is 1. The molecule has 2 amide bonds. The Morgan fingerprint density at radius 1 is 1.22 bits per heavy atom. The number of rotatable bonds is 4. The lowest BCUT2D eigenvalue weighted by Gasteiger charge is -2.19. The number of anilines is 1. The zero-order chi connectivity index (χ0) is 19.6. The zero-order valence-electron chi connectivity index (χ0n) is 16.0. The Bertz CT molecular complexity index is 820. The molecule has 1 saturated heterocycles. The van der Waals surface area contributed by atoms with Gasteiger partial charge in [0, 0.05) is 19.2 Å². The third-order valence-corrected chi connectivity index (χ3v) is 4.93. The monoisotopic (exact) mass is 370 g/mol. The highest BCUT2D eigenvalue weighted by atomic mass is 16.4. The normalized spacial score (nSPS) is 17.1. The van der Waals surface area contributed by atoms with E-state index in [9.17, 15) is 9.59 Å². The fourth-order valence-corrected chi connectivity index (χ4v) is 3.18. The maximum Gasteiger partial charge on any atom is 0.323 e. The third kappa shape index (κ3) is 4.48. The van der Waals surface area contributed by atoms with Gasteiger partial charge in [-0.1, -0.05) is 45.0 Å². The summed E-state index contributed by atoms with van der Waals surface area (Å²) in [5, 5.41) is 16.2. The molecule has 1 aliphatic heterocycles. The van der Waals surface area contributed by atoms with E-state index in [0.717, 1.165) is 5.56 Å². The lowest BCUT2D eigenvalue weighted by Crippen LogP contribution is -2.34. The summed E-state index contributed by atoms with van der Waals surface area (Å²) in [6.45, 7) is 7.77. The second-order valence-corrected chi connectivity index (χ2v) is 8.02. The number of aromatic nitrogens is 2. The molecule has 0 bridgehead atoms. The van der Waals surface area contributed by atoms with Crippen molar-refractivity contribution in [1.82, 2.24) is 14.7 Å². The second kappa shape index (κ2) is 7.42. The molecular weight excluding hydrogens is 344 g/mol. The van der Waals surface area contributed by atoms with Crippen LogP contribution < -0.4 is 5.32 Å². The van der Waals surface area contributed by atoms with Gasteiger partial charge in [-0.3, -0.25) is 10.1 Å². The highest BCUT2D eigenvalue weighted by Gasteiger charge is 2.31. The SMILES string of the molecule is CC(C)(C)c1ccc(Cn2nccc2NC(=O)N2CCC(C(=O)O)C2)cc1. The Morgan fingerprint density at radius 2 is 1.93 bits per heavy atom. The van der Waals surface area contributed by atoms with Gasteiger partial charge in [0.2, 0.25) is 0 Å². The van der Waals surface area contributed by atoms with Gasteiger partial charge >= 0.3 is 12.0 Å². The van der Waals surface area contributed by atoms with Crippen LogP contribution in [-0.2, 0) is 16.8 Å². The number of urea groups is 1. The number of carbonyl (C=O) groups is 2. The van der Waals surface area contributed by atoms with Crippen LogP contribution in [0.1, 0.15) is 38.3 Å². The molecule has 2 N–H and O–H groups in total. The first kappa shape index (κ1) is 18.9. The maximum absolute atomic E-state index is 12.4. The van der Waals surface area contributed by atoms with Crippen LogP contribution in [0.25, 0.3) is 0 Å². The number of benzene rings is 1. The van der Waals surface area contributed by atoms with Crippen LogP contribution in [-0.4, -0.2) is 44.9 Å². The zero-order valence-corrected chi connectivity index (χ0v) is 16.0. The lowest BCUT2D eigenvalue weighted by molar-refractivity contribution is -0.141. The number of carbonyl (C=O) groups excluding carboxylic acids is 1. The van der Waals surface area contributed by atoms with E-state index in [-0.39, 0.29) is 18.0 Å². The first-order valence-electron chi connectivity index (χ1n) is 9.14. The van der Waals surface area contributed by atoms with Gasteiger partial charge in [-0.05, 0) is 23.0 Å². The van der Waals surface area contributed by atoms with Crippen molar-refractivity contribution in [2.75, 3.05) is 18.4 Å². The minimum absolute atomic E-state index is 0.104. The summed E-state index contributed by atoms with van der Waals surface area (Å²) in [5.74, 6) is -0.741. The van der Waals surface area contributed by atoms with Crippen molar-refractivity contribution in [3.63, 3.8) is 0 Å². The number of likely N-dealkylation sites (tertiary alicyclic amines) is 1. The van der Waals surface area contributed by atoms with E-state index in [1.165, 1.54) is 10.5 Å². The molecule has 1 aliphatic rings. The van der Waals surface area contributed by atoms with Gasteiger partial charge in [-0.2, -0.15) is 5.10 Å². The topological polar surface area (TPSA) is 87.5 Å². The van der Waals surface area contributed by atoms with E-state index in [1.54, 1.807) is 16.9 Å². The lowest BCUT2D eigenvalue weighted by atomic mass is 9.87. The Hall–Kier alpha value is -2.83. The summed E-state index contributed by atoms with van der Waals surface area (Å²) in [5.41, 5.74) is 2.46. The van der Waals surface area contributed by atoms with Crippen LogP contribution in [0, 0.1) is 5.92 Å². The van der Waals surface area contributed by atoms with E-state index in [0.29, 0.717) is 25.3 Å². The number of nitrogens with zero attached hydrogens (tertiary/aromatic N) is 3. The number of carboxylic acids is 1. The van der Waals surface area contributed by atoms with Gasteiger partial charge < -0.3 is 10.0 Å². The molecule has 1 atom stereocenters. The summed E-state index contributed by atoms with van der Waals surface area (Å²) < 4.78 is 1.73. The molecule has 1 fully saturated rings. The van der Waals surface area contributed by atoms with Crippen LogP contribution in [0.15, 0.2) is 36.5 Å². The maximum atomic E-state index is 12.4. The van der Waals surface area contributed by atoms with Crippen molar-refractivity contribution >= 4 is 17.8 Å². The van der Waals surface area contributed by atoms with Gasteiger partial charge in [0.25, 0.3) is 0 Å². The molecule has 2 aromatic rings. The number of hydrogen-bond donors (Lipinski definition) is 2. The molecule has 0 spiro atoms. The molecule has 7 heteroatoms. The number of carboxylic acid groups (broad SMARTS) is 1. The highest BCUT2D eigenvalue weighted by Crippen LogP contribution is 2.23. The third-order valence-electron chi connectivity index (χ3n) is 4.93. The Labute approximate surface area is 159 Å². The molecule has 1 unspecified atom stereocenters. The molecule has 3 rings (SSSR count). The summed E-state index contributed by atoms with van der Waals surface area (Å²) in [4.78, 5) is 25.0. The molecule has 27 heavy (non-hydrogen) atoms. The average Bonchev–Trinajstić information content (AvgIpc) is 3.24. The predicted octanol–water partition coefficient (Wildman–Crippen LogP) is 3.17. The fourth-order valence-electron chi connectivity index (χ4n) is 3.18. The van der Waals surface area contributed by atoms with Crippen LogP contribution in [0.3, 0.4) is 0 Å². The van der Waals surface area contributed by atoms with E-state index in [4.69, 9.17) is 5.11 Å². The van der Waals surface area contributed by atoms with Gasteiger partial charge in [0.1, 0.15) is 5.82 Å². The number of nitrogens with one attached hydrogen (secondary N) is 1. The number of hydrogen-bond acceptors (Lipinski definition) is 3. The summed E-state index contributed by atoms with van der Waals surface area (Å²) in [6.07, 6.45) is 2.13. The van der Waals surface area contributed by atoms with E-state index < -0.39 is 11.9 Å². The average molecular weight is 370 g/mol. The predicted molar refractivity (Wildman–Crippen MR) is 103 cm³/mol. The molecule has 7 nitrogen and oxygen atoms in total. The van der Waals surface area contributed by atoms with Gasteiger partial charge in [0.15, 0.2) is 0 Å². The highest BCUT2D eigenvalue weighted by molar-refractivity contribution is 5.89. The van der Waals surface area contributed by atoms with Crippen molar-refractivity contribution in [3.8, 4) is 0 Å².